The van der Waals surface area contributed by atoms with Crippen LogP contribution in [0.1, 0.15) is 27.7 Å². The molecule has 0 bridgehead atoms. The van der Waals surface area contributed by atoms with Gasteiger partial charge in [-0.25, -0.2) is 4.79 Å². The first-order valence-corrected chi connectivity index (χ1v) is 34.5. The molecule has 9 aliphatic heterocycles. The molecule has 9 heterocycles. The van der Waals surface area contributed by atoms with Crippen molar-refractivity contribution in [3.8, 4) is 0 Å². The van der Waals surface area contributed by atoms with Gasteiger partial charge in [0.05, 0.1) is 52.4 Å². The zero-order valence-electron chi connectivity index (χ0n) is 58.2. The maximum Gasteiger partial charge on any atom is 0.335 e. The molecule has 0 unspecified atom stereocenters. The van der Waals surface area contributed by atoms with Gasteiger partial charge < -0.3 is 224 Å². The Morgan fingerprint density at radius 2 is 0.615 bits per heavy atom. The smallest absolute Gasteiger partial charge is 0.335 e. The quantitative estimate of drug-likeness (QED) is 0.0363. The summed E-state index contributed by atoms with van der Waals surface area (Å²) in [5.74, 6) is -4.63. The van der Waals surface area contributed by atoms with Gasteiger partial charge >= 0.3 is 5.97 Å². The van der Waals surface area contributed by atoms with Crippen molar-refractivity contribution < 1.29 is 227 Å². The zero-order valence-corrected chi connectivity index (χ0v) is 58.2. The Kier molecular flexibility index (Phi) is 31.4. The van der Waals surface area contributed by atoms with E-state index in [0.29, 0.717) is 0 Å². The topological polar surface area (TPSA) is 767 Å². The molecule has 49 heteroatoms. The average molecular weight is 1600 g/mol. The number of rotatable bonds is 27. The van der Waals surface area contributed by atoms with Crippen LogP contribution in [0.4, 0.5) is 0 Å². The van der Waals surface area contributed by atoms with Gasteiger partial charge in [-0.1, -0.05) is 0 Å². The maximum atomic E-state index is 13.1. The highest BCUT2D eigenvalue weighted by molar-refractivity contribution is 5.74. The number of ether oxygens (including phenoxy) is 17. The van der Waals surface area contributed by atoms with E-state index in [1.807, 2.05) is 0 Å². The lowest BCUT2D eigenvalue weighted by atomic mass is 9.93. The Hall–Kier alpha value is -3.76. The number of carbonyl (C=O) groups excluding carboxylic acids is 3. The van der Waals surface area contributed by atoms with Crippen LogP contribution in [0.2, 0.25) is 0 Å². The lowest BCUT2D eigenvalue weighted by Gasteiger charge is -2.51. The molecular formula is C60H99N3O46. The molecule has 45 atom stereocenters. The van der Waals surface area contributed by atoms with Gasteiger partial charge in [0.2, 0.25) is 17.7 Å². The predicted octanol–water partition coefficient (Wildman–Crippen LogP) is -19.1. The summed E-state index contributed by atoms with van der Waals surface area (Å²) in [7, 11) is 0. The van der Waals surface area contributed by atoms with Gasteiger partial charge in [0.1, 0.15) is 207 Å². The van der Waals surface area contributed by atoms with E-state index in [1.165, 1.54) is 6.92 Å². The van der Waals surface area contributed by atoms with E-state index in [1.54, 1.807) is 0 Å². The molecule has 9 saturated heterocycles. The number of aliphatic carboxylic acids is 1. The van der Waals surface area contributed by atoms with Crippen LogP contribution >= 0.6 is 0 Å². The van der Waals surface area contributed by atoms with Crippen molar-refractivity contribution in [2.75, 3.05) is 46.2 Å². The minimum absolute atomic E-state index is 0.820. The van der Waals surface area contributed by atoms with Crippen LogP contribution in [-0.2, 0) is 99.7 Å². The Morgan fingerprint density at radius 1 is 0.284 bits per heavy atom. The first-order chi connectivity index (χ1) is 51.4. The summed E-state index contributed by atoms with van der Waals surface area (Å²) in [4.78, 5) is 50.3. The minimum atomic E-state index is -2.53. The molecule has 0 saturated carbocycles. The lowest BCUT2D eigenvalue weighted by molar-refractivity contribution is -0.399. The van der Waals surface area contributed by atoms with Gasteiger partial charge in [-0.05, 0) is 6.92 Å². The highest BCUT2D eigenvalue weighted by Crippen LogP contribution is 2.40. The van der Waals surface area contributed by atoms with Crippen molar-refractivity contribution in [3.63, 3.8) is 0 Å². The molecule has 28 N–H and O–H groups in total. The first kappa shape index (κ1) is 89.2. The van der Waals surface area contributed by atoms with E-state index in [4.69, 9.17) is 80.5 Å². The highest BCUT2D eigenvalue weighted by Gasteiger charge is 2.61. The third-order valence-electron chi connectivity index (χ3n) is 19.9. The number of hydrogen-bond acceptors (Lipinski definition) is 45. The van der Waals surface area contributed by atoms with Crippen LogP contribution in [0.15, 0.2) is 0 Å². The standard InChI is InChI=1S/C60H99N3O46/c1-12-26(72)34(80)39(85)55(95-12)94-11-22-46(31(77)23(52(92)96-22)61-13(2)69)103-53-24(62-14(3)70)32(78)45(19(8-67)100-53)105-59-43(89)48(30(76)21(102-59)10-93-56-40(86)35(81)27(73)16(5-64)97-56)107-60-50(37(83)28(74)17(6-65)99-60)109-54-25(63-15(4)71)33(79)44(20(9-68)101-54)104-58-42(88)47(29(75)18(7-66)98-58)106-57-41(87)36(82)38(84)49(108-57)51(90)91/h12,16-50,52-60,64-68,72-89,92H,5-11H2,1-4H3,(H,61,69)(H,62,70)(H,63,71)(H,90,91)/t12-,16+,17+,18+,19+,20+,21+,22+,23+,24+,25+,26+,27+,28+,29-,30+,31+,32+,33+,34+,35-,36-,37-,38-,39-,40-,41+,42+,43-,44+,45+,46+,47-,48-,49-,50-,52+,53-,54-,55+,56-,57+,58-,59-,60+/m0/s1. The molecule has 630 valence electrons. The third kappa shape index (κ3) is 19.5. The molecule has 9 rings (SSSR count). The molecule has 0 radical (unpaired) electrons. The Bertz CT molecular complexity index is 2910. The summed E-state index contributed by atoms with van der Waals surface area (Å²) in [6.07, 6.45) is -87.4. The summed E-state index contributed by atoms with van der Waals surface area (Å²) < 4.78 is 98.9. The number of carboxylic acid groups (broad SMARTS) is 1. The van der Waals surface area contributed by atoms with Gasteiger partial charge in [0.15, 0.2) is 62.7 Å². The predicted molar refractivity (Wildman–Crippen MR) is 331 cm³/mol. The Balaban J connectivity index is 0.995. The maximum absolute atomic E-state index is 13.1. The van der Waals surface area contributed by atoms with Crippen LogP contribution < -0.4 is 16.0 Å². The second-order valence-electron chi connectivity index (χ2n) is 27.5. The van der Waals surface area contributed by atoms with E-state index in [9.17, 15) is 147 Å². The summed E-state index contributed by atoms with van der Waals surface area (Å²) in [5.41, 5.74) is 0. The van der Waals surface area contributed by atoms with E-state index >= 15 is 0 Å². The zero-order chi connectivity index (χ0) is 80.4. The van der Waals surface area contributed by atoms with Crippen molar-refractivity contribution in [2.24, 2.45) is 0 Å². The molecule has 9 aliphatic rings. The fraction of sp³-hybridized carbons (Fsp3) is 0.933. The molecule has 0 aromatic carbocycles. The van der Waals surface area contributed by atoms with Gasteiger partial charge in [-0.15, -0.1) is 0 Å². The second kappa shape index (κ2) is 38.3. The average Bonchev–Trinajstić information content (AvgIpc) is 0.788. The van der Waals surface area contributed by atoms with Gasteiger partial charge in [0.25, 0.3) is 0 Å². The van der Waals surface area contributed by atoms with Crippen molar-refractivity contribution in [2.45, 2.75) is 304 Å². The molecule has 0 aliphatic carbocycles. The summed E-state index contributed by atoms with van der Waals surface area (Å²) in [6.45, 7) is -3.40. The molecule has 3 amide bonds. The summed E-state index contributed by atoms with van der Waals surface area (Å²) >= 11 is 0. The molecule has 49 nitrogen and oxygen atoms in total. The second-order valence-corrected chi connectivity index (χ2v) is 27.5. The minimum Gasteiger partial charge on any atom is -0.479 e. The van der Waals surface area contributed by atoms with Crippen molar-refractivity contribution >= 4 is 23.7 Å². The number of nitrogens with one attached hydrogen (secondary N) is 3. The molecule has 0 aromatic heterocycles. The Morgan fingerprint density at radius 3 is 1.10 bits per heavy atom. The van der Waals surface area contributed by atoms with Gasteiger partial charge in [-0.2, -0.15) is 0 Å². The molecular weight excluding hydrogens is 1500 g/mol. The van der Waals surface area contributed by atoms with Crippen LogP contribution in [0.3, 0.4) is 0 Å². The molecule has 0 aromatic rings. The van der Waals surface area contributed by atoms with E-state index in [-0.39, 0.29) is 0 Å². The van der Waals surface area contributed by atoms with Crippen molar-refractivity contribution in [1.82, 2.24) is 16.0 Å². The number of amides is 3. The lowest BCUT2D eigenvalue weighted by Crippen LogP contribution is -2.71. The number of aliphatic hydroxyl groups excluding tert-OH is 24. The monoisotopic (exact) mass is 1600 g/mol. The van der Waals surface area contributed by atoms with Crippen molar-refractivity contribution in [3.05, 3.63) is 0 Å². The molecule has 9 fully saturated rings. The number of carbonyl (C=O) groups is 4. The van der Waals surface area contributed by atoms with E-state index in [2.05, 4.69) is 16.0 Å². The largest absolute Gasteiger partial charge is 0.479 e. The number of aliphatic hydroxyl groups is 24. The number of carboxylic acids is 1. The normalized spacial score (nSPS) is 50.0. The van der Waals surface area contributed by atoms with Crippen LogP contribution in [0, 0.1) is 0 Å². The number of hydrogen-bond donors (Lipinski definition) is 28. The van der Waals surface area contributed by atoms with E-state index < -0.39 is 346 Å². The fourth-order valence-electron chi connectivity index (χ4n) is 13.9. The third-order valence-corrected chi connectivity index (χ3v) is 19.9. The summed E-state index contributed by atoms with van der Waals surface area (Å²) in [5, 5.41) is 282. The molecule has 0 spiro atoms. The van der Waals surface area contributed by atoms with Crippen molar-refractivity contribution in [1.29, 1.82) is 0 Å². The fourth-order valence-corrected chi connectivity index (χ4v) is 13.9. The molecule has 109 heavy (non-hydrogen) atoms. The van der Waals surface area contributed by atoms with E-state index in [0.717, 1.165) is 20.8 Å². The van der Waals surface area contributed by atoms with Gasteiger partial charge in [-0.3, -0.25) is 14.4 Å². The Labute approximate surface area is 615 Å². The van der Waals surface area contributed by atoms with Gasteiger partial charge in [0, 0.05) is 20.8 Å². The van der Waals surface area contributed by atoms with Crippen LogP contribution in [0.25, 0.3) is 0 Å². The van der Waals surface area contributed by atoms with Crippen LogP contribution in [-0.4, -0.2) is 474 Å². The summed E-state index contributed by atoms with van der Waals surface area (Å²) in [6, 6.07) is -5.70. The first-order valence-electron chi connectivity index (χ1n) is 34.5. The highest BCUT2D eigenvalue weighted by atomic mass is 16.8. The SMILES string of the molecule is CC(=O)N[C@@H]1[C@@H](O)[C@H](O[C@@H]2O[C@H](CO)[C@@H](O[C@@H]3O[C@H](CO[C@H]4O[C@H](CO)[C@@H](O)[C@H](O)[C@@H]4O)[C@@H](O)[C@H](O[C@H]4O[C@H](CO)[C@@H](O)[C@H](O)[C@@H]4O[C@@H]4O[C@H](CO)[C@@H](O[C@@H]5O[C@H](CO)[C@H](O)[C@H](O[C@@H]6O[C@H](C(=O)O)[C@@H](O)[C@H](O)[C@H]6O)[C@H]5O)[C@H](O)[C@H]4NC(C)=O)[C@@H]3O)[C@H](O)[C@H]2NC(C)=O)[C@@H](CO[C@@H]2O[C@@H](C)[C@@H](O)[C@@H](O)[C@@H]2O)O[C@H]1O. The van der Waals surface area contributed by atoms with Crippen LogP contribution in [0.5, 0.6) is 0 Å².